The van der Waals surface area contributed by atoms with Crippen molar-refractivity contribution in [3.63, 3.8) is 0 Å². The Labute approximate surface area is 158 Å². The molecule has 1 amide bonds. The largest absolute Gasteiger partial charge is 0.349 e. The minimum atomic E-state index is -0.0305. The van der Waals surface area contributed by atoms with Gasteiger partial charge in [-0.3, -0.25) is 4.79 Å². The Balaban J connectivity index is 1.83. The summed E-state index contributed by atoms with van der Waals surface area (Å²) in [4.78, 5) is 13.4. The third-order valence-corrected chi connectivity index (χ3v) is 5.54. The fourth-order valence-corrected chi connectivity index (χ4v) is 4.29. The molecule has 0 unspecified atom stereocenters. The molecule has 26 heavy (non-hydrogen) atoms. The van der Waals surface area contributed by atoms with E-state index in [-0.39, 0.29) is 17.9 Å². The van der Waals surface area contributed by atoms with E-state index in [1.165, 1.54) is 18.4 Å². The van der Waals surface area contributed by atoms with E-state index in [0.29, 0.717) is 11.8 Å². The molecule has 2 nitrogen and oxygen atoms in total. The second-order valence-electron chi connectivity index (χ2n) is 8.03. The standard InChI is InChI=1S/C24H31NO/c1-18(2)17-22(19-11-5-3-6-12-19)25-24(26)23(21-15-9-10-16-21)20-13-7-4-8-14-20/h3-8,11-14,18,21-23H,9-10,15-17H2,1-2H3,(H,25,26)/t22-,23+/m0/s1. The number of benzene rings is 2. The van der Waals surface area contributed by atoms with E-state index in [0.717, 1.165) is 24.8 Å². The maximum Gasteiger partial charge on any atom is 0.228 e. The number of nitrogens with one attached hydrogen (secondary N) is 1. The SMILES string of the molecule is CC(C)C[C@H](NC(=O)[C@H](c1ccccc1)C1CCCC1)c1ccccc1. The monoisotopic (exact) mass is 349 g/mol. The van der Waals surface area contributed by atoms with Crippen molar-refractivity contribution in [2.75, 3.05) is 0 Å². The number of amides is 1. The lowest BCUT2D eigenvalue weighted by atomic mass is 9.83. The number of carbonyl (C=O) groups excluding carboxylic acids is 1. The summed E-state index contributed by atoms with van der Waals surface area (Å²) in [5, 5.41) is 3.40. The van der Waals surface area contributed by atoms with E-state index in [4.69, 9.17) is 0 Å². The van der Waals surface area contributed by atoms with Gasteiger partial charge in [0.1, 0.15) is 0 Å². The van der Waals surface area contributed by atoms with Gasteiger partial charge in [0.15, 0.2) is 0 Å². The summed E-state index contributed by atoms with van der Waals surface area (Å²) in [6.07, 6.45) is 5.77. The molecule has 1 saturated carbocycles. The van der Waals surface area contributed by atoms with E-state index in [9.17, 15) is 4.79 Å². The van der Waals surface area contributed by atoms with E-state index < -0.39 is 0 Å². The molecule has 1 aliphatic carbocycles. The van der Waals surface area contributed by atoms with Gasteiger partial charge in [-0.25, -0.2) is 0 Å². The van der Waals surface area contributed by atoms with Crippen molar-refractivity contribution in [3.05, 3.63) is 71.8 Å². The van der Waals surface area contributed by atoms with Crippen LogP contribution in [-0.2, 0) is 4.79 Å². The number of hydrogen-bond donors (Lipinski definition) is 1. The lowest BCUT2D eigenvalue weighted by Crippen LogP contribution is -2.36. The van der Waals surface area contributed by atoms with Gasteiger partial charge in [-0.2, -0.15) is 0 Å². The Kier molecular flexibility index (Phi) is 6.49. The van der Waals surface area contributed by atoms with Crippen LogP contribution in [0.5, 0.6) is 0 Å². The number of hydrogen-bond acceptors (Lipinski definition) is 1. The predicted molar refractivity (Wildman–Crippen MR) is 108 cm³/mol. The lowest BCUT2D eigenvalue weighted by Gasteiger charge is -2.28. The molecule has 0 spiro atoms. The van der Waals surface area contributed by atoms with E-state index in [1.54, 1.807) is 0 Å². The minimum absolute atomic E-state index is 0.0305. The van der Waals surface area contributed by atoms with Crippen molar-refractivity contribution in [3.8, 4) is 0 Å². The quantitative estimate of drug-likeness (QED) is 0.666. The van der Waals surface area contributed by atoms with Gasteiger partial charge in [0.05, 0.1) is 12.0 Å². The molecule has 0 heterocycles. The normalized spacial score (nSPS) is 17.2. The molecule has 138 valence electrons. The topological polar surface area (TPSA) is 29.1 Å². The summed E-state index contributed by atoms with van der Waals surface area (Å²) in [6.45, 7) is 4.43. The zero-order valence-electron chi connectivity index (χ0n) is 16.0. The van der Waals surface area contributed by atoms with Crippen LogP contribution in [0.25, 0.3) is 0 Å². The maximum atomic E-state index is 13.4. The van der Waals surface area contributed by atoms with Crippen LogP contribution in [0.15, 0.2) is 60.7 Å². The van der Waals surface area contributed by atoms with Gasteiger partial charge in [0, 0.05) is 0 Å². The fraction of sp³-hybridized carbons (Fsp3) is 0.458. The molecule has 3 rings (SSSR count). The second-order valence-corrected chi connectivity index (χ2v) is 8.03. The van der Waals surface area contributed by atoms with Crippen LogP contribution in [-0.4, -0.2) is 5.91 Å². The molecule has 1 fully saturated rings. The third-order valence-electron chi connectivity index (χ3n) is 5.54. The molecule has 1 N–H and O–H groups in total. The van der Waals surface area contributed by atoms with Crippen LogP contribution >= 0.6 is 0 Å². The zero-order chi connectivity index (χ0) is 18.4. The van der Waals surface area contributed by atoms with Gasteiger partial charge in [-0.1, -0.05) is 87.4 Å². The van der Waals surface area contributed by atoms with Crippen LogP contribution in [0.2, 0.25) is 0 Å². The molecular formula is C24H31NO. The molecule has 1 aliphatic rings. The smallest absolute Gasteiger partial charge is 0.228 e. The van der Waals surface area contributed by atoms with Gasteiger partial charge in [-0.15, -0.1) is 0 Å². The second kappa shape index (κ2) is 9.02. The Morgan fingerprint density at radius 3 is 2.00 bits per heavy atom. The first-order valence-electron chi connectivity index (χ1n) is 10.1. The van der Waals surface area contributed by atoms with Crippen LogP contribution in [0.1, 0.15) is 69.0 Å². The van der Waals surface area contributed by atoms with Gasteiger partial charge in [0.2, 0.25) is 5.91 Å². The zero-order valence-corrected chi connectivity index (χ0v) is 16.0. The summed E-state index contributed by atoms with van der Waals surface area (Å²) < 4.78 is 0. The van der Waals surface area contributed by atoms with Crippen LogP contribution in [0.4, 0.5) is 0 Å². The minimum Gasteiger partial charge on any atom is -0.349 e. The first-order valence-corrected chi connectivity index (χ1v) is 10.1. The molecular weight excluding hydrogens is 318 g/mol. The summed E-state index contributed by atoms with van der Waals surface area (Å²) in [6, 6.07) is 20.8. The predicted octanol–water partition coefficient (Wildman–Crippen LogP) is 5.86. The number of rotatable bonds is 7. The van der Waals surface area contributed by atoms with Crippen LogP contribution < -0.4 is 5.32 Å². The molecule has 2 heteroatoms. The van der Waals surface area contributed by atoms with Crippen molar-refractivity contribution in [2.45, 2.75) is 57.9 Å². The van der Waals surface area contributed by atoms with Crippen molar-refractivity contribution in [1.82, 2.24) is 5.32 Å². The molecule has 2 atom stereocenters. The van der Waals surface area contributed by atoms with Gasteiger partial charge >= 0.3 is 0 Å². The van der Waals surface area contributed by atoms with Crippen molar-refractivity contribution < 1.29 is 4.79 Å². The molecule has 0 aromatic heterocycles. The summed E-state index contributed by atoms with van der Waals surface area (Å²) in [5.41, 5.74) is 2.36. The molecule has 2 aromatic rings. The van der Waals surface area contributed by atoms with E-state index >= 15 is 0 Å². The van der Waals surface area contributed by atoms with Gasteiger partial charge in [-0.05, 0) is 42.2 Å². The summed E-state index contributed by atoms with van der Waals surface area (Å²) >= 11 is 0. The highest BCUT2D eigenvalue weighted by Crippen LogP contribution is 2.38. The lowest BCUT2D eigenvalue weighted by molar-refractivity contribution is -0.124. The molecule has 0 saturated heterocycles. The van der Waals surface area contributed by atoms with Crippen molar-refractivity contribution in [2.24, 2.45) is 11.8 Å². The van der Waals surface area contributed by atoms with Crippen molar-refractivity contribution in [1.29, 1.82) is 0 Å². The maximum absolute atomic E-state index is 13.4. The molecule has 0 aliphatic heterocycles. The highest BCUT2D eigenvalue weighted by Gasteiger charge is 2.33. The van der Waals surface area contributed by atoms with E-state index in [1.807, 2.05) is 24.3 Å². The highest BCUT2D eigenvalue weighted by atomic mass is 16.2. The number of carbonyl (C=O) groups is 1. The first-order chi connectivity index (χ1) is 12.6. The average Bonchev–Trinajstić information content (AvgIpc) is 3.17. The summed E-state index contributed by atoms with van der Waals surface area (Å²) in [7, 11) is 0. The summed E-state index contributed by atoms with van der Waals surface area (Å²) in [5.74, 6) is 1.16. The van der Waals surface area contributed by atoms with E-state index in [2.05, 4.69) is 55.6 Å². The van der Waals surface area contributed by atoms with Gasteiger partial charge in [0.25, 0.3) is 0 Å². The first kappa shape index (κ1) is 18.7. The van der Waals surface area contributed by atoms with Gasteiger partial charge < -0.3 is 5.32 Å². The molecule has 0 radical (unpaired) electrons. The fourth-order valence-electron chi connectivity index (χ4n) is 4.29. The highest BCUT2D eigenvalue weighted by molar-refractivity contribution is 5.84. The van der Waals surface area contributed by atoms with Crippen molar-refractivity contribution >= 4 is 5.91 Å². The Morgan fingerprint density at radius 1 is 0.923 bits per heavy atom. The van der Waals surface area contributed by atoms with Crippen LogP contribution in [0, 0.1) is 11.8 Å². The molecule has 2 aromatic carbocycles. The Morgan fingerprint density at radius 2 is 1.46 bits per heavy atom. The average molecular weight is 350 g/mol. The Hall–Kier alpha value is -2.09. The van der Waals surface area contributed by atoms with Crippen LogP contribution in [0.3, 0.4) is 0 Å². The molecule has 0 bridgehead atoms. The Bertz CT molecular complexity index is 674. The third kappa shape index (κ3) is 4.75.